The molecule has 0 heterocycles. The number of hydrogen-bond acceptors (Lipinski definition) is 5. The summed E-state index contributed by atoms with van der Waals surface area (Å²) >= 11 is 11.9. The predicted molar refractivity (Wildman–Crippen MR) is 110 cm³/mol. The van der Waals surface area contributed by atoms with Crippen molar-refractivity contribution in [2.24, 2.45) is 4.99 Å². The van der Waals surface area contributed by atoms with Gasteiger partial charge in [0.2, 0.25) is 0 Å². The van der Waals surface area contributed by atoms with Gasteiger partial charge in [-0.2, -0.15) is 0 Å². The molecule has 0 atom stereocenters. The summed E-state index contributed by atoms with van der Waals surface area (Å²) in [6.07, 6.45) is 1.49. The molecular weight excluding hydrogens is 401 g/mol. The fourth-order valence-electron chi connectivity index (χ4n) is 2.40. The van der Waals surface area contributed by atoms with Crippen molar-refractivity contribution in [2.45, 2.75) is 0 Å². The number of aromatic hydroxyl groups is 1. The molecule has 0 saturated carbocycles. The fourth-order valence-corrected chi connectivity index (χ4v) is 2.68. The van der Waals surface area contributed by atoms with E-state index in [4.69, 9.17) is 32.7 Å². The summed E-state index contributed by atoms with van der Waals surface area (Å²) < 4.78 is 10.4. The van der Waals surface area contributed by atoms with Crippen LogP contribution < -0.4 is 4.74 Å². The van der Waals surface area contributed by atoms with E-state index >= 15 is 0 Å². The van der Waals surface area contributed by atoms with Gasteiger partial charge in [0.05, 0.1) is 22.7 Å². The molecule has 7 heteroatoms. The van der Waals surface area contributed by atoms with Crippen molar-refractivity contribution in [2.75, 3.05) is 7.11 Å². The van der Waals surface area contributed by atoms with E-state index in [2.05, 4.69) is 4.99 Å². The molecule has 142 valence electrons. The van der Waals surface area contributed by atoms with E-state index in [9.17, 15) is 9.90 Å². The molecule has 0 aliphatic rings. The van der Waals surface area contributed by atoms with Gasteiger partial charge in [0.1, 0.15) is 22.9 Å². The van der Waals surface area contributed by atoms with E-state index in [1.165, 1.54) is 19.4 Å². The van der Waals surface area contributed by atoms with Gasteiger partial charge in [-0.3, -0.25) is 4.99 Å². The molecule has 1 N–H and O–H groups in total. The molecule has 0 radical (unpaired) electrons. The zero-order valence-corrected chi connectivity index (χ0v) is 16.2. The summed E-state index contributed by atoms with van der Waals surface area (Å²) in [6, 6.07) is 16.4. The Bertz CT molecular complexity index is 1050. The highest BCUT2D eigenvalue weighted by Crippen LogP contribution is 2.34. The number of hydrogen-bond donors (Lipinski definition) is 1. The third-order valence-corrected chi connectivity index (χ3v) is 4.52. The fraction of sp³-hybridized carbons (Fsp3) is 0.0476. The minimum Gasteiger partial charge on any atom is -0.506 e. The van der Waals surface area contributed by atoms with Crippen LogP contribution in [0.2, 0.25) is 10.0 Å². The Hall–Kier alpha value is -3.02. The van der Waals surface area contributed by atoms with Crippen molar-refractivity contribution in [1.29, 1.82) is 0 Å². The summed E-state index contributed by atoms with van der Waals surface area (Å²) in [4.78, 5) is 16.1. The van der Waals surface area contributed by atoms with Gasteiger partial charge in [-0.05, 0) is 30.3 Å². The number of ether oxygens (including phenoxy) is 2. The third-order valence-electron chi connectivity index (χ3n) is 3.78. The number of benzene rings is 3. The first-order chi connectivity index (χ1) is 13.5. The van der Waals surface area contributed by atoms with Crippen LogP contribution in [0.3, 0.4) is 0 Å². The molecule has 0 amide bonds. The second kappa shape index (κ2) is 8.78. The summed E-state index contributed by atoms with van der Waals surface area (Å²) in [6.45, 7) is 0. The van der Waals surface area contributed by atoms with E-state index < -0.39 is 5.97 Å². The monoisotopic (exact) mass is 415 g/mol. The molecule has 3 rings (SSSR count). The smallest absolute Gasteiger partial charge is 0.338 e. The van der Waals surface area contributed by atoms with Gasteiger partial charge >= 0.3 is 5.97 Å². The van der Waals surface area contributed by atoms with Crippen LogP contribution in [0, 0.1) is 0 Å². The SMILES string of the molecule is COC(=O)c1ccccc1C=Nc1ccc(Oc2ccc(Cl)c(Cl)c2)cc1O. The van der Waals surface area contributed by atoms with Gasteiger partial charge in [0.15, 0.2) is 0 Å². The highest BCUT2D eigenvalue weighted by Gasteiger charge is 2.10. The predicted octanol–water partition coefficient (Wildman–Crippen LogP) is 6.03. The molecule has 5 nitrogen and oxygen atoms in total. The molecular formula is C21H15Cl2NO4. The number of nitrogens with zero attached hydrogens (tertiary/aromatic N) is 1. The molecule has 0 aliphatic carbocycles. The number of rotatable bonds is 5. The number of phenols is 1. The molecule has 0 aliphatic heterocycles. The third kappa shape index (κ3) is 4.63. The lowest BCUT2D eigenvalue weighted by atomic mass is 10.1. The van der Waals surface area contributed by atoms with Crippen LogP contribution in [0.15, 0.2) is 65.7 Å². The molecule has 0 aromatic heterocycles. The maximum absolute atomic E-state index is 11.8. The van der Waals surface area contributed by atoms with Crippen molar-refractivity contribution in [3.63, 3.8) is 0 Å². The summed E-state index contributed by atoms with van der Waals surface area (Å²) in [5, 5.41) is 11.0. The lowest BCUT2D eigenvalue weighted by Crippen LogP contribution is -2.04. The number of carbonyl (C=O) groups is 1. The highest BCUT2D eigenvalue weighted by atomic mass is 35.5. The standard InChI is InChI=1S/C21H15Cl2NO4/c1-27-21(26)16-5-3-2-4-13(16)12-24-19-9-7-15(11-20(19)25)28-14-6-8-17(22)18(23)10-14/h2-12,25H,1H3. The highest BCUT2D eigenvalue weighted by molar-refractivity contribution is 6.42. The zero-order valence-electron chi connectivity index (χ0n) is 14.7. The van der Waals surface area contributed by atoms with Crippen molar-refractivity contribution in [3.05, 3.63) is 81.8 Å². The average Bonchev–Trinajstić information content (AvgIpc) is 2.70. The first-order valence-electron chi connectivity index (χ1n) is 8.15. The number of halogens is 2. The zero-order chi connectivity index (χ0) is 20.1. The van der Waals surface area contributed by atoms with Gasteiger partial charge in [-0.15, -0.1) is 0 Å². The first kappa shape index (κ1) is 19.7. The molecule has 0 unspecified atom stereocenters. The lowest BCUT2D eigenvalue weighted by Gasteiger charge is -2.08. The van der Waals surface area contributed by atoms with Crippen molar-refractivity contribution >= 4 is 41.1 Å². The van der Waals surface area contributed by atoms with Gasteiger partial charge in [-0.1, -0.05) is 41.4 Å². The summed E-state index contributed by atoms with van der Waals surface area (Å²) in [5.74, 6) is 0.350. The maximum Gasteiger partial charge on any atom is 0.338 e. The Kier molecular flexibility index (Phi) is 6.19. The van der Waals surface area contributed by atoms with Crippen LogP contribution in [0.5, 0.6) is 17.2 Å². The van der Waals surface area contributed by atoms with Gasteiger partial charge < -0.3 is 14.6 Å². The molecule has 3 aromatic carbocycles. The Morgan fingerprint density at radius 1 is 1.00 bits per heavy atom. The minimum atomic E-state index is -0.461. The normalized spacial score (nSPS) is 10.8. The summed E-state index contributed by atoms with van der Waals surface area (Å²) in [7, 11) is 1.31. The van der Waals surface area contributed by atoms with E-state index in [0.29, 0.717) is 38.4 Å². The molecule has 3 aromatic rings. The minimum absolute atomic E-state index is 0.0793. The van der Waals surface area contributed by atoms with Gasteiger partial charge in [0, 0.05) is 23.9 Å². The number of aliphatic imine (C=N–C) groups is 1. The number of carbonyl (C=O) groups excluding carboxylic acids is 1. The average molecular weight is 416 g/mol. The Morgan fingerprint density at radius 2 is 1.71 bits per heavy atom. The Morgan fingerprint density at radius 3 is 2.43 bits per heavy atom. The molecule has 0 spiro atoms. The summed E-state index contributed by atoms with van der Waals surface area (Å²) in [5.41, 5.74) is 1.28. The second-order valence-electron chi connectivity index (χ2n) is 5.67. The van der Waals surface area contributed by atoms with Crippen LogP contribution in [-0.4, -0.2) is 24.4 Å². The van der Waals surface area contributed by atoms with Crippen LogP contribution >= 0.6 is 23.2 Å². The van der Waals surface area contributed by atoms with Crippen LogP contribution in [-0.2, 0) is 4.74 Å². The van der Waals surface area contributed by atoms with E-state index in [1.807, 2.05) is 0 Å². The molecule has 0 bridgehead atoms. The van der Waals surface area contributed by atoms with Crippen LogP contribution in [0.25, 0.3) is 0 Å². The maximum atomic E-state index is 11.8. The number of phenolic OH excluding ortho intramolecular Hbond substituents is 1. The molecule has 0 fully saturated rings. The number of esters is 1. The first-order valence-corrected chi connectivity index (χ1v) is 8.91. The van der Waals surface area contributed by atoms with Crippen LogP contribution in [0.1, 0.15) is 15.9 Å². The van der Waals surface area contributed by atoms with E-state index in [1.54, 1.807) is 54.6 Å². The Labute approximate surface area is 171 Å². The quantitative estimate of drug-likeness (QED) is 0.408. The van der Waals surface area contributed by atoms with E-state index in [0.717, 1.165) is 0 Å². The molecule has 0 saturated heterocycles. The second-order valence-corrected chi connectivity index (χ2v) is 6.48. The Balaban J connectivity index is 1.80. The topological polar surface area (TPSA) is 68.1 Å². The van der Waals surface area contributed by atoms with Crippen molar-refractivity contribution in [3.8, 4) is 17.2 Å². The number of methoxy groups -OCH3 is 1. The van der Waals surface area contributed by atoms with Gasteiger partial charge in [0.25, 0.3) is 0 Å². The van der Waals surface area contributed by atoms with E-state index in [-0.39, 0.29) is 5.75 Å². The lowest BCUT2D eigenvalue weighted by molar-refractivity contribution is 0.0600. The molecule has 28 heavy (non-hydrogen) atoms. The van der Waals surface area contributed by atoms with Gasteiger partial charge in [-0.25, -0.2) is 4.79 Å². The van der Waals surface area contributed by atoms with Crippen molar-refractivity contribution in [1.82, 2.24) is 0 Å². The van der Waals surface area contributed by atoms with Crippen molar-refractivity contribution < 1.29 is 19.4 Å². The van der Waals surface area contributed by atoms with Crippen LogP contribution in [0.4, 0.5) is 5.69 Å². The largest absolute Gasteiger partial charge is 0.506 e.